The highest BCUT2D eigenvalue weighted by Gasteiger charge is 2.20. The third-order valence-electron chi connectivity index (χ3n) is 2.77. The molecule has 1 N–H and O–H groups in total. The van der Waals surface area contributed by atoms with Crippen LogP contribution in [0.1, 0.15) is 26.2 Å². The van der Waals surface area contributed by atoms with E-state index in [1.807, 2.05) is 0 Å². The molecular formula is C12H21N3O2S. The van der Waals surface area contributed by atoms with E-state index in [1.54, 1.807) is 20.2 Å². The molecule has 1 rings (SSSR count). The normalized spacial score (nSPS) is 11.8. The number of unbranched alkanes of at least 4 members (excludes halogenated alkanes) is 2. The lowest BCUT2D eigenvalue weighted by molar-refractivity contribution is 0.454. The van der Waals surface area contributed by atoms with Crippen molar-refractivity contribution in [3.05, 3.63) is 18.3 Å². The maximum atomic E-state index is 12.3. The van der Waals surface area contributed by atoms with Crippen LogP contribution in [0.5, 0.6) is 0 Å². The van der Waals surface area contributed by atoms with Crippen molar-refractivity contribution in [2.75, 3.05) is 26.0 Å². The summed E-state index contributed by atoms with van der Waals surface area (Å²) < 4.78 is 25.9. The third kappa shape index (κ3) is 3.68. The summed E-state index contributed by atoms with van der Waals surface area (Å²) in [6.07, 6.45) is 4.50. The summed E-state index contributed by atoms with van der Waals surface area (Å²) in [5, 5.41) is 2.84. The lowest BCUT2D eigenvalue weighted by atomic mass is 10.2. The number of pyridine rings is 1. The number of nitrogens with zero attached hydrogens (tertiary/aromatic N) is 2. The Labute approximate surface area is 109 Å². The Morgan fingerprint density at radius 3 is 2.72 bits per heavy atom. The maximum Gasteiger partial charge on any atom is 0.243 e. The van der Waals surface area contributed by atoms with E-state index in [2.05, 4.69) is 17.2 Å². The smallest absolute Gasteiger partial charge is 0.243 e. The minimum atomic E-state index is -3.40. The zero-order valence-corrected chi connectivity index (χ0v) is 12.0. The van der Waals surface area contributed by atoms with Crippen LogP contribution in [0.4, 0.5) is 5.82 Å². The second-order valence-corrected chi connectivity index (χ2v) is 6.21. The van der Waals surface area contributed by atoms with Gasteiger partial charge in [0, 0.05) is 32.9 Å². The highest BCUT2D eigenvalue weighted by atomic mass is 32.2. The van der Waals surface area contributed by atoms with Crippen LogP contribution in [0, 0.1) is 0 Å². The first-order valence-corrected chi connectivity index (χ1v) is 7.56. The summed E-state index contributed by atoms with van der Waals surface area (Å²) in [6, 6.07) is 3.07. The molecule has 1 heterocycles. The Morgan fingerprint density at radius 1 is 1.39 bits per heavy atom. The van der Waals surface area contributed by atoms with Crippen molar-refractivity contribution in [3.63, 3.8) is 0 Å². The van der Waals surface area contributed by atoms with Crippen molar-refractivity contribution in [2.24, 2.45) is 0 Å². The van der Waals surface area contributed by atoms with Crippen molar-refractivity contribution in [1.82, 2.24) is 9.29 Å². The third-order valence-corrected chi connectivity index (χ3v) is 4.63. The molecule has 0 aliphatic heterocycles. The maximum absolute atomic E-state index is 12.3. The second kappa shape index (κ2) is 6.70. The van der Waals surface area contributed by atoms with Crippen LogP contribution in [0.2, 0.25) is 0 Å². The van der Waals surface area contributed by atoms with Gasteiger partial charge in [-0.2, -0.15) is 0 Å². The van der Waals surface area contributed by atoms with Gasteiger partial charge >= 0.3 is 0 Å². The van der Waals surface area contributed by atoms with Gasteiger partial charge in [0.15, 0.2) is 0 Å². The predicted octanol–water partition coefficient (Wildman–Crippen LogP) is 1.93. The number of hydrogen-bond acceptors (Lipinski definition) is 4. The first-order valence-electron chi connectivity index (χ1n) is 6.12. The fourth-order valence-corrected chi connectivity index (χ4v) is 2.82. The monoisotopic (exact) mass is 271 g/mol. The summed E-state index contributed by atoms with van der Waals surface area (Å²) in [5.74, 6) is 0.554. The number of rotatable bonds is 7. The summed E-state index contributed by atoms with van der Waals surface area (Å²) in [7, 11) is -0.0712. The largest absolute Gasteiger partial charge is 0.373 e. The zero-order chi connectivity index (χ0) is 13.6. The predicted molar refractivity (Wildman–Crippen MR) is 73.1 cm³/mol. The van der Waals surface area contributed by atoms with E-state index in [0.717, 1.165) is 19.3 Å². The molecule has 0 amide bonds. The average Bonchev–Trinajstić information content (AvgIpc) is 2.39. The van der Waals surface area contributed by atoms with Crippen LogP contribution in [0.15, 0.2) is 23.2 Å². The van der Waals surface area contributed by atoms with E-state index in [4.69, 9.17) is 0 Å². The molecule has 0 bridgehead atoms. The Hall–Kier alpha value is -1.14. The lowest BCUT2D eigenvalue weighted by Crippen LogP contribution is -2.28. The molecule has 102 valence electrons. The summed E-state index contributed by atoms with van der Waals surface area (Å²) >= 11 is 0. The minimum Gasteiger partial charge on any atom is -0.373 e. The van der Waals surface area contributed by atoms with Gasteiger partial charge in [0.1, 0.15) is 5.82 Å². The van der Waals surface area contributed by atoms with Gasteiger partial charge < -0.3 is 5.32 Å². The minimum absolute atomic E-state index is 0.279. The van der Waals surface area contributed by atoms with Crippen LogP contribution < -0.4 is 5.32 Å². The van der Waals surface area contributed by atoms with E-state index < -0.39 is 10.0 Å². The summed E-state index contributed by atoms with van der Waals surface area (Å²) in [6.45, 7) is 2.64. The first-order chi connectivity index (χ1) is 8.52. The molecule has 0 saturated carbocycles. The molecule has 0 spiro atoms. The summed E-state index contributed by atoms with van der Waals surface area (Å²) in [4.78, 5) is 4.29. The fraction of sp³-hybridized carbons (Fsp3) is 0.583. The van der Waals surface area contributed by atoms with Gasteiger partial charge in [-0.25, -0.2) is 17.7 Å². The van der Waals surface area contributed by atoms with E-state index >= 15 is 0 Å². The number of nitrogens with one attached hydrogen (secondary N) is 1. The Balaban J connectivity index is 2.84. The van der Waals surface area contributed by atoms with Crippen molar-refractivity contribution < 1.29 is 8.42 Å². The quantitative estimate of drug-likeness (QED) is 0.770. The molecular weight excluding hydrogens is 250 g/mol. The van der Waals surface area contributed by atoms with Crippen LogP contribution in [0.3, 0.4) is 0 Å². The van der Waals surface area contributed by atoms with Gasteiger partial charge in [0.25, 0.3) is 0 Å². The molecule has 0 aromatic carbocycles. The Morgan fingerprint density at radius 2 is 2.11 bits per heavy atom. The van der Waals surface area contributed by atoms with Crippen molar-refractivity contribution >= 4 is 15.8 Å². The number of sulfonamides is 1. The molecule has 0 atom stereocenters. The molecule has 0 aliphatic carbocycles. The van der Waals surface area contributed by atoms with Crippen LogP contribution in [0.25, 0.3) is 0 Å². The van der Waals surface area contributed by atoms with Crippen molar-refractivity contribution in [1.29, 1.82) is 0 Å². The Kier molecular flexibility index (Phi) is 5.55. The molecule has 18 heavy (non-hydrogen) atoms. The van der Waals surface area contributed by atoms with Crippen LogP contribution >= 0.6 is 0 Å². The van der Waals surface area contributed by atoms with E-state index in [-0.39, 0.29) is 4.90 Å². The number of aromatic nitrogens is 1. The molecule has 0 fully saturated rings. The fourth-order valence-electron chi connectivity index (χ4n) is 1.59. The van der Waals surface area contributed by atoms with Gasteiger partial charge in [-0.05, 0) is 12.5 Å². The standard InChI is InChI=1S/C12H21N3O2S/c1-4-5-6-9-15(3)18(16,17)11-7-8-14-12(10-11)13-2/h7-8,10H,4-6,9H2,1-3H3,(H,13,14). The van der Waals surface area contributed by atoms with Gasteiger partial charge in [-0.1, -0.05) is 19.8 Å². The average molecular weight is 271 g/mol. The summed E-state index contributed by atoms with van der Waals surface area (Å²) in [5.41, 5.74) is 0. The van der Waals surface area contributed by atoms with Crippen molar-refractivity contribution in [2.45, 2.75) is 31.1 Å². The SMILES string of the molecule is CCCCCN(C)S(=O)(=O)c1ccnc(NC)c1. The molecule has 0 saturated heterocycles. The molecule has 1 aromatic heterocycles. The van der Waals surface area contributed by atoms with E-state index in [0.29, 0.717) is 12.4 Å². The molecule has 0 unspecified atom stereocenters. The van der Waals surface area contributed by atoms with Gasteiger partial charge in [-0.3, -0.25) is 0 Å². The van der Waals surface area contributed by atoms with Crippen molar-refractivity contribution in [3.8, 4) is 0 Å². The zero-order valence-electron chi connectivity index (χ0n) is 11.2. The van der Waals surface area contributed by atoms with Crippen LogP contribution in [-0.4, -0.2) is 38.3 Å². The highest BCUT2D eigenvalue weighted by molar-refractivity contribution is 7.89. The molecule has 0 aliphatic rings. The van der Waals surface area contributed by atoms with Gasteiger partial charge in [0.2, 0.25) is 10.0 Å². The molecule has 1 aromatic rings. The number of anilines is 1. The molecule has 5 nitrogen and oxygen atoms in total. The Bertz CT molecular complexity index is 474. The van der Waals surface area contributed by atoms with E-state index in [9.17, 15) is 8.42 Å². The number of hydrogen-bond donors (Lipinski definition) is 1. The topological polar surface area (TPSA) is 62.3 Å². The molecule has 0 radical (unpaired) electrons. The van der Waals surface area contributed by atoms with Gasteiger partial charge in [0.05, 0.1) is 4.90 Å². The molecule has 6 heteroatoms. The van der Waals surface area contributed by atoms with E-state index in [1.165, 1.54) is 16.6 Å². The first kappa shape index (κ1) is 14.9. The lowest BCUT2D eigenvalue weighted by Gasteiger charge is -2.17. The van der Waals surface area contributed by atoms with Gasteiger partial charge in [-0.15, -0.1) is 0 Å². The second-order valence-electron chi connectivity index (χ2n) is 4.16. The van der Waals surface area contributed by atoms with Crippen LogP contribution in [-0.2, 0) is 10.0 Å². The highest BCUT2D eigenvalue weighted by Crippen LogP contribution is 2.17.